The SMILES string of the molecule is Cc1cccc(-c2nc3ccc(NC(=O)CC#N)cc3o2)c1. The molecule has 2 aromatic carbocycles. The Morgan fingerprint density at radius 3 is 2.95 bits per heavy atom. The zero-order valence-corrected chi connectivity index (χ0v) is 12.0. The van der Waals surface area contributed by atoms with Crippen molar-refractivity contribution in [1.29, 1.82) is 5.26 Å². The van der Waals surface area contributed by atoms with Crippen molar-refractivity contribution in [1.82, 2.24) is 4.98 Å². The van der Waals surface area contributed by atoms with Gasteiger partial charge in [-0.25, -0.2) is 4.98 Å². The Hall–Kier alpha value is -3.13. The first-order valence-electron chi connectivity index (χ1n) is 6.80. The molecule has 0 atom stereocenters. The van der Waals surface area contributed by atoms with Crippen LogP contribution in [-0.2, 0) is 4.79 Å². The smallest absolute Gasteiger partial charge is 0.238 e. The molecule has 0 radical (unpaired) electrons. The molecule has 1 aromatic heterocycles. The zero-order valence-electron chi connectivity index (χ0n) is 12.0. The molecule has 0 saturated carbocycles. The number of hydrogen-bond donors (Lipinski definition) is 1. The maximum atomic E-state index is 11.4. The molecule has 3 aromatic rings. The molecule has 22 heavy (non-hydrogen) atoms. The van der Waals surface area contributed by atoms with E-state index in [0.29, 0.717) is 17.2 Å². The minimum absolute atomic E-state index is 0.178. The van der Waals surface area contributed by atoms with E-state index in [0.717, 1.165) is 16.6 Å². The number of benzene rings is 2. The molecule has 0 aliphatic rings. The van der Waals surface area contributed by atoms with E-state index in [1.165, 1.54) is 0 Å². The molecule has 5 nitrogen and oxygen atoms in total. The van der Waals surface area contributed by atoms with E-state index < -0.39 is 0 Å². The van der Waals surface area contributed by atoms with Crippen molar-refractivity contribution in [3.05, 3.63) is 48.0 Å². The van der Waals surface area contributed by atoms with Crippen LogP contribution in [0.1, 0.15) is 12.0 Å². The molecule has 3 rings (SSSR count). The molecule has 108 valence electrons. The van der Waals surface area contributed by atoms with Gasteiger partial charge in [-0.1, -0.05) is 17.7 Å². The quantitative estimate of drug-likeness (QED) is 0.798. The molecular weight excluding hydrogens is 278 g/mol. The van der Waals surface area contributed by atoms with Crippen LogP contribution in [0.25, 0.3) is 22.6 Å². The Morgan fingerprint density at radius 2 is 2.18 bits per heavy atom. The molecule has 0 unspecified atom stereocenters. The zero-order chi connectivity index (χ0) is 15.5. The van der Waals surface area contributed by atoms with E-state index in [2.05, 4.69) is 10.3 Å². The maximum absolute atomic E-state index is 11.4. The van der Waals surface area contributed by atoms with Crippen molar-refractivity contribution in [2.24, 2.45) is 0 Å². The summed E-state index contributed by atoms with van der Waals surface area (Å²) >= 11 is 0. The van der Waals surface area contributed by atoms with Crippen molar-refractivity contribution in [2.45, 2.75) is 13.3 Å². The lowest BCUT2D eigenvalue weighted by Crippen LogP contribution is -2.09. The van der Waals surface area contributed by atoms with Crippen LogP contribution in [0.2, 0.25) is 0 Å². The predicted octanol–water partition coefficient (Wildman–Crippen LogP) is 3.66. The average Bonchev–Trinajstić information content (AvgIpc) is 2.90. The Morgan fingerprint density at radius 1 is 1.32 bits per heavy atom. The topological polar surface area (TPSA) is 78.9 Å². The van der Waals surface area contributed by atoms with Gasteiger partial charge in [0.15, 0.2) is 5.58 Å². The number of fused-ring (bicyclic) bond motifs is 1. The van der Waals surface area contributed by atoms with Crippen molar-refractivity contribution < 1.29 is 9.21 Å². The number of rotatable bonds is 3. The number of nitrogens with one attached hydrogen (secondary N) is 1. The van der Waals surface area contributed by atoms with Crippen LogP contribution in [0, 0.1) is 18.3 Å². The fourth-order valence-electron chi connectivity index (χ4n) is 2.18. The molecule has 0 spiro atoms. The minimum atomic E-state index is -0.347. The van der Waals surface area contributed by atoms with Crippen LogP contribution in [0.4, 0.5) is 5.69 Å². The maximum Gasteiger partial charge on any atom is 0.238 e. The van der Waals surface area contributed by atoms with Crippen LogP contribution in [0.15, 0.2) is 46.9 Å². The first-order valence-corrected chi connectivity index (χ1v) is 6.80. The molecule has 1 amide bonds. The van der Waals surface area contributed by atoms with Gasteiger partial charge in [-0.2, -0.15) is 5.26 Å². The van der Waals surface area contributed by atoms with Gasteiger partial charge in [0.05, 0.1) is 6.07 Å². The Bertz CT molecular complexity index is 890. The summed E-state index contributed by atoms with van der Waals surface area (Å²) < 4.78 is 5.76. The summed E-state index contributed by atoms with van der Waals surface area (Å²) in [5, 5.41) is 11.1. The second kappa shape index (κ2) is 5.70. The van der Waals surface area contributed by atoms with Crippen molar-refractivity contribution >= 4 is 22.7 Å². The lowest BCUT2D eigenvalue weighted by atomic mass is 10.1. The molecule has 1 heterocycles. The number of carbonyl (C=O) groups is 1. The highest BCUT2D eigenvalue weighted by Crippen LogP contribution is 2.26. The lowest BCUT2D eigenvalue weighted by molar-refractivity contribution is -0.115. The van der Waals surface area contributed by atoms with E-state index in [1.807, 2.05) is 37.3 Å². The number of nitriles is 1. The van der Waals surface area contributed by atoms with E-state index >= 15 is 0 Å². The number of carbonyl (C=O) groups excluding carboxylic acids is 1. The van der Waals surface area contributed by atoms with Gasteiger partial charge >= 0.3 is 0 Å². The fraction of sp³-hybridized carbons (Fsp3) is 0.118. The number of aryl methyl sites for hydroxylation is 1. The summed E-state index contributed by atoms with van der Waals surface area (Å²) in [7, 11) is 0. The van der Waals surface area contributed by atoms with Gasteiger partial charge in [-0.3, -0.25) is 4.79 Å². The molecule has 0 aliphatic heterocycles. The monoisotopic (exact) mass is 291 g/mol. The minimum Gasteiger partial charge on any atom is -0.436 e. The summed E-state index contributed by atoms with van der Waals surface area (Å²) in [6.45, 7) is 2.01. The summed E-state index contributed by atoms with van der Waals surface area (Å²) in [6.07, 6.45) is -0.178. The van der Waals surface area contributed by atoms with Crippen LogP contribution in [-0.4, -0.2) is 10.9 Å². The Kier molecular flexibility index (Phi) is 3.58. The molecule has 0 aliphatic carbocycles. The largest absolute Gasteiger partial charge is 0.436 e. The first-order chi connectivity index (χ1) is 10.7. The normalized spacial score (nSPS) is 10.4. The van der Waals surface area contributed by atoms with Crippen LogP contribution >= 0.6 is 0 Å². The average molecular weight is 291 g/mol. The number of aromatic nitrogens is 1. The third-order valence-electron chi connectivity index (χ3n) is 3.18. The van der Waals surface area contributed by atoms with Crippen molar-refractivity contribution in [2.75, 3.05) is 5.32 Å². The molecule has 1 N–H and O–H groups in total. The second-order valence-corrected chi connectivity index (χ2v) is 4.95. The second-order valence-electron chi connectivity index (χ2n) is 4.95. The Balaban J connectivity index is 1.94. The predicted molar refractivity (Wildman–Crippen MR) is 83.0 cm³/mol. The highest BCUT2D eigenvalue weighted by molar-refractivity contribution is 5.94. The van der Waals surface area contributed by atoms with E-state index in [-0.39, 0.29) is 12.3 Å². The summed E-state index contributed by atoms with van der Waals surface area (Å²) in [6, 6.07) is 14.9. The molecular formula is C17H13N3O2. The third kappa shape index (κ3) is 2.81. The van der Waals surface area contributed by atoms with E-state index in [1.54, 1.807) is 18.2 Å². The van der Waals surface area contributed by atoms with E-state index in [4.69, 9.17) is 9.68 Å². The van der Waals surface area contributed by atoms with Gasteiger partial charge in [-0.15, -0.1) is 0 Å². The van der Waals surface area contributed by atoms with Gasteiger partial charge in [0.2, 0.25) is 11.8 Å². The highest BCUT2D eigenvalue weighted by atomic mass is 16.3. The van der Waals surface area contributed by atoms with Crippen LogP contribution in [0.3, 0.4) is 0 Å². The highest BCUT2D eigenvalue weighted by Gasteiger charge is 2.10. The van der Waals surface area contributed by atoms with Gasteiger partial charge in [0.25, 0.3) is 0 Å². The number of hydrogen-bond acceptors (Lipinski definition) is 4. The van der Waals surface area contributed by atoms with Gasteiger partial charge in [0.1, 0.15) is 11.9 Å². The van der Waals surface area contributed by atoms with Crippen molar-refractivity contribution in [3.63, 3.8) is 0 Å². The molecule has 0 bridgehead atoms. The van der Waals surface area contributed by atoms with E-state index in [9.17, 15) is 4.79 Å². The van der Waals surface area contributed by atoms with Gasteiger partial charge in [-0.05, 0) is 31.2 Å². The van der Waals surface area contributed by atoms with Crippen LogP contribution in [0.5, 0.6) is 0 Å². The fourth-order valence-corrected chi connectivity index (χ4v) is 2.18. The van der Waals surface area contributed by atoms with Gasteiger partial charge < -0.3 is 9.73 Å². The van der Waals surface area contributed by atoms with Crippen LogP contribution < -0.4 is 5.32 Å². The molecule has 5 heteroatoms. The number of amides is 1. The number of anilines is 1. The molecule has 0 fully saturated rings. The summed E-state index contributed by atoms with van der Waals surface area (Å²) in [4.78, 5) is 15.9. The first kappa shape index (κ1) is 13.8. The number of nitrogens with zero attached hydrogens (tertiary/aromatic N) is 2. The summed E-state index contributed by atoms with van der Waals surface area (Å²) in [5.74, 6) is 0.194. The Labute approximate surface area is 127 Å². The van der Waals surface area contributed by atoms with Gasteiger partial charge in [0, 0.05) is 17.3 Å². The third-order valence-corrected chi connectivity index (χ3v) is 3.18. The standard InChI is InChI=1S/C17H13N3O2/c1-11-3-2-4-12(9-11)17-20-14-6-5-13(10-15(14)22-17)19-16(21)7-8-18/h2-6,9-10H,7H2,1H3,(H,19,21). The molecule has 0 saturated heterocycles. The van der Waals surface area contributed by atoms with Crippen molar-refractivity contribution in [3.8, 4) is 17.5 Å². The number of oxazole rings is 1. The summed E-state index contributed by atoms with van der Waals surface area (Å²) in [5.41, 5.74) is 3.93. The lowest BCUT2D eigenvalue weighted by Gasteiger charge is -2.01.